The summed E-state index contributed by atoms with van der Waals surface area (Å²) in [5.41, 5.74) is 1.46. The van der Waals surface area contributed by atoms with Crippen molar-refractivity contribution >= 4 is 17.5 Å². The first-order chi connectivity index (χ1) is 11.2. The summed E-state index contributed by atoms with van der Waals surface area (Å²) in [6.45, 7) is 1.14. The molecule has 4 rings (SSSR count). The van der Waals surface area contributed by atoms with Crippen molar-refractivity contribution in [2.24, 2.45) is 5.92 Å². The number of H-pyrrole nitrogens is 1. The normalized spacial score (nSPS) is 24.7. The second kappa shape index (κ2) is 5.98. The maximum atomic E-state index is 12.8. The molecule has 0 bridgehead atoms. The number of aromatic nitrogens is 2. The third-order valence-corrected chi connectivity index (χ3v) is 4.83. The fourth-order valence-electron chi connectivity index (χ4n) is 3.11. The maximum Gasteiger partial charge on any atom is 0.273 e. The third kappa shape index (κ3) is 2.99. The van der Waals surface area contributed by atoms with Crippen molar-refractivity contribution in [1.29, 1.82) is 0 Å². The molecule has 1 aromatic carbocycles. The first kappa shape index (κ1) is 14.7. The Labute approximate surface area is 139 Å². The first-order valence-electron chi connectivity index (χ1n) is 7.91. The Morgan fingerprint density at radius 2 is 2.04 bits per heavy atom. The number of benzene rings is 1. The monoisotopic (exact) mass is 331 g/mol. The highest BCUT2D eigenvalue weighted by atomic mass is 35.5. The maximum absolute atomic E-state index is 12.8. The molecule has 2 atom stereocenters. The minimum Gasteiger partial charge on any atom is -0.366 e. The van der Waals surface area contributed by atoms with Crippen LogP contribution in [0.2, 0.25) is 5.02 Å². The van der Waals surface area contributed by atoms with Crippen LogP contribution in [0.3, 0.4) is 0 Å². The molecular formula is C17H18ClN3O2. The summed E-state index contributed by atoms with van der Waals surface area (Å²) in [5.74, 6) is 0.455. The molecule has 1 aliphatic heterocycles. The van der Waals surface area contributed by atoms with Gasteiger partial charge in [-0.15, -0.1) is 0 Å². The van der Waals surface area contributed by atoms with Crippen LogP contribution in [0.25, 0.3) is 0 Å². The van der Waals surface area contributed by atoms with Gasteiger partial charge in [0.05, 0.1) is 23.9 Å². The van der Waals surface area contributed by atoms with E-state index in [1.165, 1.54) is 19.0 Å². The van der Waals surface area contributed by atoms with Gasteiger partial charge in [-0.05, 0) is 24.3 Å². The summed E-state index contributed by atoms with van der Waals surface area (Å²) < 4.78 is 6.27. The van der Waals surface area contributed by atoms with E-state index in [0.717, 1.165) is 5.56 Å². The van der Waals surface area contributed by atoms with Crippen molar-refractivity contribution in [2.45, 2.75) is 25.0 Å². The molecule has 0 radical (unpaired) electrons. The number of carbonyl (C=O) groups is 1. The van der Waals surface area contributed by atoms with Gasteiger partial charge in [-0.25, -0.2) is 0 Å². The van der Waals surface area contributed by atoms with Gasteiger partial charge >= 0.3 is 0 Å². The molecule has 0 unspecified atom stereocenters. The van der Waals surface area contributed by atoms with Gasteiger partial charge in [0.25, 0.3) is 5.91 Å². The molecule has 6 heteroatoms. The molecule has 1 amide bonds. The molecule has 2 aromatic rings. The molecule has 2 heterocycles. The second-order valence-corrected chi connectivity index (χ2v) is 6.62. The molecule has 2 fully saturated rings. The standard InChI is InChI=1S/C17H18ClN3O2/c18-13-8-19-20-16(13)17(22)21-9-14(11-4-2-1-3-5-11)23-15(10-21)12-6-7-12/h1-5,8,12,14-15H,6-7,9-10H2,(H,19,20)/t14-,15+/m0/s1. The molecule has 1 saturated carbocycles. The molecular weight excluding hydrogens is 314 g/mol. The number of aromatic amines is 1. The molecule has 0 spiro atoms. The van der Waals surface area contributed by atoms with E-state index in [4.69, 9.17) is 16.3 Å². The summed E-state index contributed by atoms with van der Waals surface area (Å²) in [7, 11) is 0. The predicted molar refractivity (Wildman–Crippen MR) is 86.3 cm³/mol. The highest BCUT2D eigenvalue weighted by molar-refractivity contribution is 6.33. The van der Waals surface area contributed by atoms with E-state index < -0.39 is 0 Å². The fourth-order valence-corrected chi connectivity index (χ4v) is 3.29. The lowest BCUT2D eigenvalue weighted by Crippen LogP contribution is -2.47. The Bertz CT molecular complexity index is 699. The molecule has 23 heavy (non-hydrogen) atoms. The number of amides is 1. The molecule has 1 N–H and O–H groups in total. The zero-order valence-corrected chi connectivity index (χ0v) is 13.4. The van der Waals surface area contributed by atoms with Crippen molar-refractivity contribution in [3.8, 4) is 0 Å². The number of rotatable bonds is 3. The van der Waals surface area contributed by atoms with Crippen LogP contribution in [0.1, 0.15) is 35.0 Å². The van der Waals surface area contributed by atoms with Crippen LogP contribution in [0.5, 0.6) is 0 Å². The summed E-state index contributed by atoms with van der Waals surface area (Å²) >= 11 is 6.05. The van der Waals surface area contributed by atoms with Gasteiger partial charge in [0.15, 0.2) is 0 Å². The largest absolute Gasteiger partial charge is 0.366 e. The smallest absolute Gasteiger partial charge is 0.273 e. The van der Waals surface area contributed by atoms with Crippen LogP contribution < -0.4 is 0 Å². The quantitative estimate of drug-likeness (QED) is 0.940. The number of nitrogens with one attached hydrogen (secondary N) is 1. The van der Waals surface area contributed by atoms with Crippen molar-refractivity contribution in [2.75, 3.05) is 13.1 Å². The predicted octanol–water partition coefficient (Wildman–Crippen LogP) is 3.06. The van der Waals surface area contributed by atoms with Crippen molar-refractivity contribution < 1.29 is 9.53 Å². The van der Waals surface area contributed by atoms with Crippen LogP contribution in [0.4, 0.5) is 0 Å². The third-order valence-electron chi connectivity index (χ3n) is 4.54. The highest BCUT2D eigenvalue weighted by Crippen LogP contribution is 2.39. The molecule has 2 aliphatic rings. The van der Waals surface area contributed by atoms with Gasteiger partial charge in [0, 0.05) is 6.54 Å². The minimum absolute atomic E-state index is 0.0961. The van der Waals surface area contributed by atoms with E-state index in [2.05, 4.69) is 10.2 Å². The van der Waals surface area contributed by atoms with Crippen LogP contribution in [0, 0.1) is 5.92 Å². The van der Waals surface area contributed by atoms with Gasteiger partial charge in [-0.1, -0.05) is 41.9 Å². The van der Waals surface area contributed by atoms with Gasteiger partial charge in [0.1, 0.15) is 11.8 Å². The van der Waals surface area contributed by atoms with Crippen LogP contribution >= 0.6 is 11.6 Å². The number of halogens is 1. The average molecular weight is 332 g/mol. The lowest BCUT2D eigenvalue weighted by molar-refractivity contribution is -0.0865. The Kier molecular flexibility index (Phi) is 3.83. The van der Waals surface area contributed by atoms with Gasteiger partial charge in [-0.2, -0.15) is 5.10 Å². The average Bonchev–Trinajstić information content (AvgIpc) is 3.36. The number of ether oxygens (including phenoxy) is 1. The van der Waals surface area contributed by atoms with E-state index in [0.29, 0.717) is 29.7 Å². The second-order valence-electron chi connectivity index (χ2n) is 6.21. The zero-order chi connectivity index (χ0) is 15.8. The Morgan fingerprint density at radius 1 is 1.26 bits per heavy atom. The first-order valence-corrected chi connectivity index (χ1v) is 8.28. The van der Waals surface area contributed by atoms with Crippen molar-refractivity contribution in [3.05, 3.63) is 52.8 Å². The van der Waals surface area contributed by atoms with Crippen LogP contribution in [0.15, 0.2) is 36.5 Å². The zero-order valence-electron chi connectivity index (χ0n) is 12.6. The minimum atomic E-state index is -0.109. The van der Waals surface area contributed by atoms with E-state index in [1.807, 2.05) is 35.2 Å². The lowest BCUT2D eigenvalue weighted by Gasteiger charge is -2.38. The summed E-state index contributed by atoms with van der Waals surface area (Å²) in [4.78, 5) is 14.6. The SMILES string of the molecule is O=C(c1[nH]ncc1Cl)N1C[C@@H](c2ccccc2)O[C@@H](C2CC2)C1. The molecule has 120 valence electrons. The topological polar surface area (TPSA) is 58.2 Å². The molecule has 1 aromatic heterocycles. The fraction of sp³-hybridized carbons (Fsp3) is 0.412. The van der Waals surface area contributed by atoms with Crippen LogP contribution in [-0.2, 0) is 4.74 Å². The summed E-state index contributed by atoms with van der Waals surface area (Å²) in [6.07, 6.45) is 3.82. The van der Waals surface area contributed by atoms with E-state index in [1.54, 1.807) is 0 Å². The number of hydrogen-bond donors (Lipinski definition) is 1. The highest BCUT2D eigenvalue weighted by Gasteiger charge is 2.40. The number of morpholine rings is 1. The van der Waals surface area contributed by atoms with E-state index >= 15 is 0 Å². The molecule has 5 nitrogen and oxygen atoms in total. The van der Waals surface area contributed by atoms with Gasteiger partial charge in [-0.3, -0.25) is 9.89 Å². The van der Waals surface area contributed by atoms with E-state index in [-0.39, 0.29) is 18.1 Å². The summed E-state index contributed by atoms with van der Waals surface area (Å²) in [5, 5.41) is 6.91. The Hall–Kier alpha value is -1.85. The van der Waals surface area contributed by atoms with E-state index in [9.17, 15) is 4.79 Å². The summed E-state index contributed by atoms with van der Waals surface area (Å²) in [6, 6.07) is 10.1. The van der Waals surface area contributed by atoms with Crippen molar-refractivity contribution in [3.63, 3.8) is 0 Å². The molecule has 1 saturated heterocycles. The number of carbonyl (C=O) groups excluding carboxylic acids is 1. The number of nitrogens with zero attached hydrogens (tertiary/aromatic N) is 2. The van der Waals surface area contributed by atoms with Gasteiger partial charge < -0.3 is 9.64 Å². The Balaban J connectivity index is 1.59. The molecule has 1 aliphatic carbocycles. The lowest BCUT2D eigenvalue weighted by atomic mass is 10.0. The van der Waals surface area contributed by atoms with Gasteiger partial charge in [0.2, 0.25) is 0 Å². The number of hydrogen-bond acceptors (Lipinski definition) is 3. The van der Waals surface area contributed by atoms with Crippen molar-refractivity contribution in [1.82, 2.24) is 15.1 Å². The van der Waals surface area contributed by atoms with Crippen LogP contribution in [-0.4, -0.2) is 40.2 Å². The Morgan fingerprint density at radius 3 is 2.70 bits per heavy atom.